The number of likely N-dealkylation sites (tertiary alicyclic amines) is 1. The predicted octanol–water partition coefficient (Wildman–Crippen LogP) is 4.53. The lowest BCUT2D eigenvalue weighted by molar-refractivity contribution is -0.105. The van der Waals surface area contributed by atoms with Crippen molar-refractivity contribution in [2.24, 2.45) is 5.92 Å². The molecule has 3 heterocycles. The van der Waals surface area contributed by atoms with Crippen molar-refractivity contribution >= 4 is 17.6 Å². The Balaban J connectivity index is 1.72. The quantitative estimate of drug-likeness (QED) is 0.315. The Morgan fingerprint density at radius 3 is 2.91 bits per heavy atom. The van der Waals surface area contributed by atoms with Crippen LogP contribution in [0.1, 0.15) is 12.8 Å². The van der Waals surface area contributed by atoms with Crippen LogP contribution in [0.5, 0.6) is 11.8 Å². The number of methoxy groups -OCH3 is 1. The number of piperidine rings is 1. The van der Waals surface area contributed by atoms with Crippen LogP contribution in [0.2, 0.25) is 0 Å². The fourth-order valence-corrected chi connectivity index (χ4v) is 3.99. The van der Waals surface area contributed by atoms with Gasteiger partial charge in [0.2, 0.25) is 11.8 Å². The first-order chi connectivity index (χ1) is 15.8. The molecule has 1 atom stereocenters. The lowest BCUT2D eigenvalue weighted by Crippen LogP contribution is -2.37. The maximum Gasteiger partial charge on any atom is 0.399 e. The number of anilines is 1. The Morgan fingerprint density at radius 2 is 2.18 bits per heavy atom. The highest BCUT2D eigenvalue weighted by molar-refractivity contribution is 8.00. The van der Waals surface area contributed by atoms with Gasteiger partial charge < -0.3 is 14.2 Å². The van der Waals surface area contributed by atoms with Crippen molar-refractivity contribution in [3.8, 4) is 29.1 Å². The first-order valence-corrected chi connectivity index (χ1v) is 11.1. The fraction of sp³-hybridized carbons (Fsp3) is 0.476. The van der Waals surface area contributed by atoms with Gasteiger partial charge in [-0.1, -0.05) is 0 Å². The minimum absolute atomic E-state index is 0.0405. The lowest BCUT2D eigenvalue weighted by atomic mass is 9.99. The molecule has 0 aliphatic carbocycles. The predicted molar refractivity (Wildman–Crippen MR) is 116 cm³/mol. The number of pyridine rings is 2. The van der Waals surface area contributed by atoms with E-state index in [-0.39, 0.29) is 34.6 Å². The van der Waals surface area contributed by atoms with Crippen molar-refractivity contribution in [2.45, 2.75) is 19.0 Å². The highest BCUT2D eigenvalue weighted by Gasteiger charge is 2.27. The van der Waals surface area contributed by atoms with Crippen molar-refractivity contribution in [3.63, 3.8) is 0 Å². The lowest BCUT2D eigenvalue weighted by Gasteiger charge is -2.30. The number of ether oxygens (including phenoxy) is 2. The molecule has 0 aromatic carbocycles. The van der Waals surface area contributed by atoms with Crippen molar-refractivity contribution in [1.82, 2.24) is 14.9 Å². The summed E-state index contributed by atoms with van der Waals surface area (Å²) < 4.78 is 65.3. The average Bonchev–Trinajstić information content (AvgIpc) is 2.78. The number of halogens is 4. The molecule has 1 N–H and O–H groups in total. The first kappa shape index (κ1) is 24.9. The molecule has 2 aromatic heterocycles. The average molecular weight is 486 g/mol. The molecule has 12 heteroatoms. The highest BCUT2D eigenvalue weighted by Crippen LogP contribution is 2.32. The molecule has 1 aliphatic rings. The van der Waals surface area contributed by atoms with Crippen LogP contribution in [0, 0.1) is 23.1 Å². The Morgan fingerprint density at radius 1 is 1.36 bits per heavy atom. The number of rotatable bonds is 9. The third-order valence-electron chi connectivity index (χ3n) is 4.92. The molecule has 1 unspecified atom stereocenters. The maximum atomic E-state index is 14.5. The first-order valence-electron chi connectivity index (χ1n) is 10.2. The third kappa shape index (κ3) is 7.36. The molecule has 0 amide bonds. The third-order valence-corrected chi connectivity index (χ3v) is 5.76. The van der Waals surface area contributed by atoms with Gasteiger partial charge in [-0.3, -0.25) is 4.90 Å². The van der Waals surface area contributed by atoms with Crippen molar-refractivity contribution in [1.29, 1.82) is 5.26 Å². The Bertz CT molecular complexity index is 986. The molecular formula is C21H23F4N5O2S. The number of alkyl halides is 3. The summed E-state index contributed by atoms with van der Waals surface area (Å²) in [5.74, 6) is -1.22. The smallest absolute Gasteiger partial charge is 0.399 e. The van der Waals surface area contributed by atoms with Crippen molar-refractivity contribution < 1.29 is 27.0 Å². The monoisotopic (exact) mass is 485 g/mol. The van der Waals surface area contributed by atoms with E-state index in [1.165, 1.54) is 31.5 Å². The van der Waals surface area contributed by atoms with E-state index in [1.807, 2.05) is 0 Å². The van der Waals surface area contributed by atoms with Crippen molar-refractivity contribution in [3.05, 3.63) is 30.2 Å². The normalized spacial score (nSPS) is 16.8. The van der Waals surface area contributed by atoms with E-state index in [0.717, 1.165) is 25.9 Å². The molecule has 7 nitrogen and oxygen atoms in total. The molecule has 178 valence electrons. The minimum Gasteiger partial charge on any atom is -0.480 e. The second-order valence-corrected chi connectivity index (χ2v) is 8.26. The molecule has 2 aromatic rings. The highest BCUT2D eigenvalue weighted by atomic mass is 32.2. The van der Waals surface area contributed by atoms with Crippen LogP contribution < -0.4 is 14.2 Å². The van der Waals surface area contributed by atoms with Crippen LogP contribution in [0.15, 0.2) is 24.4 Å². The number of aromatic nitrogens is 2. The van der Waals surface area contributed by atoms with Gasteiger partial charge in [-0.15, -0.1) is 0 Å². The largest absolute Gasteiger partial charge is 0.480 e. The van der Waals surface area contributed by atoms with Gasteiger partial charge in [0.1, 0.15) is 23.0 Å². The molecule has 1 aliphatic heterocycles. The molecular weight excluding hydrogens is 462 g/mol. The molecule has 1 fully saturated rings. The molecule has 0 saturated carbocycles. The maximum absolute atomic E-state index is 14.5. The van der Waals surface area contributed by atoms with Gasteiger partial charge >= 0.3 is 6.18 Å². The Labute approximate surface area is 193 Å². The summed E-state index contributed by atoms with van der Waals surface area (Å²) in [6.45, 7) is 2.37. The number of nitrogens with one attached hydrogen (secondary N) is 1. The SMILES string of the molecule is COc1ncc(-c2nc(OCC3CCCN(CC#N)C3)ccc2F)cc1NSCC(F)(F)F. The second kappa shape index (κ2) is 11.4. The zero-order chi connectivity index (χ0) is 23.8. The van der Waals surface area contributed by atoms with Gasteiger partial charge in [-0.2, -0.15) is 18.4 Å². The molecule has 3 rings (SSSR count). The van der Waals surface area contributed by atoms with Crippen LogP contribution in [-0.2, 0) is 0 Å². The Kier molecular flexibility index (Phi) is 8.57. The van der Waals surface area contributed by atoms with Crippen molar-refractivity contribution in [2.75, 3.05) is 43.8 Å². The van der Waals surface area contributed by atoms with Gasteiger partial charge in [0.15, 0.2) is 0 Å². The molecule has 33 heavy (non-hydrogen) atoms. The number of hydrogen-bond donors (Lipinski definition) is 1. The molecule has 0 spiro atoms. The van der Waals surface area contributed by atoms with E-state index >= 15 is 0 Å². The van der Waals surface area contributed by atoms with E-state index in [1.54, 1.807) is 0 Å². The molecule has 0 bridgehead atoms. The van der Waals surface area contributed by atoms with Crippen LogP contribution in [-0.4, -0.2) is 60.1 Å². The molecule has 1 saturated heterocycles. The number of hydrogen-bond acceptors (Lipinski definition) is 8. The fourth-order valence-electron chi connectivity index (χ4n) is 3.45. The van der Waals surface area contributed by atoms with Gasteiger partial charge in [0.25, 0.3) is 0 Å². The van der Waals surface area contributed by atoms with Gasteiger partial charge in [-0.25, -0.2) is 14.4 Å². The zero-order valence-electron chi connectivity index (χ0n) is 17.9. The zero-order valence-corrected chi connectivity index (χ0v) is 18.7. The van der Waals surface area contributed by atoms with E-state index in [4.69, 9.17) is 14.7 Å². The summed E-state index contributed by atoms with van der Waals surface area (Å²) in [6.07, 6.45) is -1.09. The van der Waals surface area contributed by atoms with Crippen LogP contribution in [0.4, 0.5) is 23.2 Å². The minimum atomic E-state index is -4.35. The van der Waals surface area contributed by atoms with Gasteiger partial charge in [0, 0.05) is 30.3 Å². The second-order valence-electron chi connectivity index (χ2n) is 7.48. The summed E-state index contributed by atoms with van der Waals surface area (Å²) in [4.78, 5) is 10.4. The van der Waals surface area contributed by atoms with E-state index in [0.29, 0.717) is 25.1 Å². The van der Waals surface area contributed by atoms with E-state index in [9.17, 15) is 17.6 Å². The standard InChI is InChI=1S/C21H23F4N5O2S/c1-31-20-17(29-33-13-21(23,24)25)9-15(10-27-20)19-16(22)4-5-18(28-19)32-12-14-3-2-7-30(11-14)8-6-26/h4-5,9-10,14,29H,2-3,7-8,11-13H2,1H3. The summed E-state index contributed by atoms with van der Waals surface area (Å²) in [7, 11) is 1.33. The summed E-state index contributed by atoms with van der Waals surface area (Å²) in [5, 5.41) is 8.88. The van der Waals surface area contributed by atoms with Crippen LogP contribution >= 0.6 is 11.9 Å². The van der Waals surface area contributed by atoms with Crippen LogP contribution in [0.25, 0.3) is 11.3 Å². The topological polar surface area (TPSA) is 83.3 Å². The van der Waals surface area contributed by atoms with Gasteiger partial charge in [-0.05, 0) is 43.5 Å². The number of nitrogens with zero attached hydrogens (tertiary/aromatic N) is 4. The Hall–Kier alpha value is -2.78. The summed E-state index contributed by atoms with van der Waals surface area (Å²) in [5.41, 5.74) is 0.379. The number of nitriles is 1. The van der Waals surface area contributed by atoms with E-state index < -0.39 is 17.7 Å². The summed E-state index contributed by atoms with van der Waals surface area (Å²) >= 11 is 0.424. The van der Waals surface area contributed by atoms with E-state index in [2.05, 4.69) is 25.7 Å². The summed E-state index contributed by atoms with van der Waals surface area (Å²) in [6, 6.07) is 6.21. The molecule has 0 radical (unpaired) electrons. The van der Waals surface area contributed by atoms with Crippen LogP contribution in [0.3, 0.4) is 0 Å². The van der Waals surface area contributed by atoms with Gasteiger partial charge in [0.05, 0.1) is 26.3 Å².